The van der Waals surface area contributed by atoms with E-state index in [2.05, 4.69) is 17.2 Å². The number of nitrogens with one attached hydrogen (secondary N) is 1. The van der Waals surface area contributed by atoms with Crippen LogP contribution in [0.25, 0.3) is 0 Å². The molecule has 15 heavy (non-hydrogen) atoms. The molecule has 0 heterocycles. The maximum atomic E-state index is 10.5. The van der Waals surface area contributed by atoms with Gasteiger partial charge in [-0.05, 0) is 18.2 Å². The van der Waals surface area contributed by atoms with Gasteiger partial charge in [-0.25, -0.2) is 0 Å². The van der Waals surface area contributed by atoms with E-state index in [9.17, 15) is 4.79 Å². The van der Waals surface area contributed by atoms with E-state index in [1.165, 1.54) is 6.92 Å². The van der Waals surface area contributed by atoms with Gasteiger partial charge in [-0.3, -0.25) is 4.79 Å². The molecule has 0 saturated carbocycles. The van der Waals surface area contributed by atoms with Crippen LogP contribution in [0.1, 0.15) is 12.5 Å². The minimum absolute atomic E-state index is 0.0976. The lowest BCUT2D eigenvalue weighted by atomic mass is 10.2. The highest BCUT2D eigenvalue weighted by molar-refractivity contribution is 6.33. The Hall–Kier alpha value is -1.66. The van der Waals surface area contributed by atoms with Crippen molar-refractivity contribution in [2.24, 2.45) is 0 Å². The molecule has 0 bridgehead atoms. The predicted octanol–water partition coefficient (Wildman–Crippen LogP) is 1.41. The van der Waals surface area contributed by atoms with Crippen molar-refractivity contribution >= 4 is 23.2 Å². The zero-order valence-corrected chi connectivity index (χ0v) is 9.06. The molecule has 78 valence electrons. The molecule has 4 heteroatoms. The quantitative estimate of drug-likeness (QED) is 0.558. The van der Waals surface area contributed by atoms with Crippen LogP contribution < -0.4 is 11.1 Å². The Kier molecular flexibility index (Phi) is 4.02. The highest BCUT2D eigenvalue weighted by Crippen LogP contribution is 2.18. The first-order valence-corrected chi connectivity index (χ1v) is 4.75. The van der Waals surface area contributed by atoms with Gasteiger partial charge in [-0.15, -0.1) is 0 Å². The Morgan fingerprint density at radius 1 is 1.60 bits per heavy atom. The molecule has 0 atom stereocenters. The van der Waals surface area contributed by atoms with Gasteiger partial charge in [0.15, 0.2) is 0 Å². The number of carbonyl (C=O) groups excluding carboxylic acids is 1. The van der Waals surface area contributed by atoms with E-state index in [4.69, 9.17) is 17.3 Å². The molecule has 1 aromatic rings. The van der Waals surface area contributed by atoms with E-state index < -0.39 is 0 Å². The van der Waals surface area contributed by atoms with Gasteiger partial charge >= 0.3 is 0 Å². The summed E-state index contributed by atoms with van der Waals surface area (Å²) in [5.41, 5.74) is 6.86. The van der Waals surface area contributed by atoms with Crippen LogP contribution >= 0.6 is 11.6 Å². The zero-order chi connectivity index (χ0) is 11.3. The van der Waals surface area contributed by atoms with Gasteiger partial charge in [0.2, 0.25) is 5.91 Å². The molecule has 0 aromatic heterocycles. The fraction of sp³-hybridized carbons (Fsp3) is 0.182. The summed E-state index contributed by atoms with van der Waals surface area (Å²) in [4.78, 5) is 10.5. The van der Waals surface area contributed by atoms with Crippen molar-refractivity contribution < 1.29 is 4.79 Å². The molecule has 0 radical (unpaired) electrons. The fourth-order valence-electron chi connectivity index (χ4n) is 0.920. The monoisotopic (exact) mass is 222 g/mol. The molecule has 0 fully saturated rings. The van der Waals surface area contributed by atoms with E-state index in [-0.39, 0.29) is 5.91 Å². The van der Waals surface area contributed by atoms with Crippen molar-refractivity contribution in [1.82, 2.24) is 5.32 Å². The number of benzene rings is 1. The van der Waals surface area contributed by atoms with Crippen LogP contribution in [0.3, 0.4) is 0 Å². The van der Waals surface area contributed by atoms with Crippen LogP contribution in [0.15, 0.2) is 18.2 Å². The minimum Gasteiger partial charge on any atom is -0.398 e. The van der Waals surface area contributed by atoms with Crippen LogP contribution in [0.2, 0.25) is 5.02 Å². The lowest BCUT2D eigenvalue weighted by Gasteiger charge is -1.97. The van der Waals surface area contributed by atoms with Crippen molar-refractivity contribution in [2.75, 3.05) is 12.3 Å². The van der Waals surface area contributed by atoms with Crippen molar-refractivity contribution in [1.29, 1.82) is 0 Å². The lowest BCUT2D eigenvalue weighted by molar-refractivity contribution is -0.118. The number of rotatable bonds is 1. The Morgan fingerprint density at radius 2 is 2.33 bits per heavy atom. The average Bonchev–Trinajstić information content (AvgIpc) is 2.18. The molecule has 0 spiro atoms. The van der Waals surface area contributed by atoms with Gasteiger partial charge in [0.25, 0.3) is 0 Å². The summed E-state index contributed by atoms with van der Waals surface area (Å²) in [7, 11) is 0. The van der Waals surface area contributed by atoms with Crippen LogP contribution in [0.4, 0.5) is 5.69 Å². The number of nitrogen functional groups attached to an aromatic ring is 1. The number of halogens is 1. The SMILES string of the molecule is CC(=O)NCC#Cc1ccc(N)c(Cl)c1. The first kappa shape index (κ1) is 11.4. The second-order valence-electron chi connectivity index (χ2n) is 2.95. The summed E-state index contributed by atoms with van der Waals surface area (Å²) >= 11 is 5.81. The number of nitrogens with two attached hydrogens (primary N) is 1. The molecule has 3 nitrogen and oxygen atoms in total. The van der Waals surface area contributed by atoms with Gasteiger partial charge in [0, 0.05) is 12.5 Å². The maximum absolute atomic E-state index is 10.5. The fourth-order valence-corrected chi connectivity index (χ4v) is 1.10. The van der Waals surface area contributed by atoms with Gasteiger partial charge < -0.3 is 11.1 Å². The molecule has 3 N–H and O–H groups in total. The normalized spacial score (nSPS) is 8.93. The Labute approximate surface area is 93.6 Å². The molecule has 0 saturated heterocycles. The standard InChI is InChI=1S/C11H11ClN2O/c1-8(15)14-6-2-3-9-4-5-11(13)10(12)7-9/h4-5,7H,6,13H2,1H3,(H,14,15). The third kappa shape index (κ3) is 3.92. The van der Waals surface area contributed by atoms with Gasteiger partial charge in [-0.1, -0.05) is 23.4 Å². The molecule has 0 aliphatic carbocycles. The molecule has 1 aromatic carbocycles. The smallest absolute Gasteiger partial charge is 0.217 e. The molecular weight excluding hydrogens is 212 g/mol. The van der Waals surface area contributed by atoms with E-state index in [1.807, 2.05) is 0 Å². The van der Waals surface area contributed by atoms with Gasteiger partial charge in [0.1, 0.15) is 0 Å². The Morgan fingerprint density at radius 3 is 2.93 bits per heavy atom. The average molecular weight is 223 g/mol. The molecular formula is C11H11ClN2O. The van der Waals surface area contributed by atoms with Crippen LogP contribution in [-0.4, -0.2) is 12.5 Å². The van der Waals surface area contributed by atoms with E-state index in [0.29, 0.717) is 17.3 Å². The number of anilines is 1. The van der Waals surface area contributed by atoms with Gasteiger partial charge in [0.05, 0.1) is 17.3 Å². The molecule has 0 unspecified atom stereocenters. The third-order valence-electron chi connectivity index (χ3n) is 1.66. The second-order valence-corrected chi connectivity index (χ2v) is 3.36. The van der Waals surface area contributed by atoms with Crippen LogP contribution in [0, 0.1) is 11.8 Å². The summed E-state index contributed by atoms with van der Waals surface area (Å²) in [6, 6.07) is 5.17. The third-order valence-corrected chi connectivity index (χ3v) is 1.99. The van der Waals surface area contributed by atoms with Crippen molar-refractivity contribution in [3.8, 4) is 11.8 Å². The first-order valence-electron chi connectivity index (χ1n) is 4.38. The molecule has 0 aliphatic rings. The molecule has 0 aliphatic heterocycles. The largest absolute Gasteiger partial charge is 0.398 e. The summed E-state index contributed by atoms with van der Waals surface area (Å²) in [5, 5.41) is 3.06. The summed E-state index contributed by atoms with van der Waals surface area (Å²) in [6.45, 7) is 1.78. The number of hydrogen-bond acceptors (Lipinski definition) is 2. The summed E-state index contributed by atoms with van der Waals surface area (Å²) in [5.74, 6) is 5.56. The Balaban J connectivity index is 2.64. The lowest BCUT2D eigenvalue weighted by Crippen LogP contribution is -2.19. The van der Waals surface area contributed by atoms with Crippen molar-refractivity contribution in [3.05, 3.63) is 28.8 Å². The first-order chi connectivity index (χ1) is 7.09. The van der Waals surface area contributed by atoms with E-state index >= 15 is 0 Å². The minimum atomic E-state index is -0.0976. The van der Waals surface area contributed by atoms with E-state index in [1.54, 1.807) is 18.2 Å². The molecule has 1 rings (SSSR count). The number of amides is 1. The maximum Gasteiger partial charge on any atom is 0.217 e. The highest BCUT2D eigenvalue weighted by atomic mass is 35.5. The summed E-state index contributed by atoms with van der Waals surface area (Å²) < 4.78 is 0. The van der Waals surface area contributed by atoms with E-state index in [0.717, 1.165) is 5.56 Å². The van der Waals surface area contributed by atoms with Crippen molar-refractivity contribution in [3.63, 3.8) is 0 Å². The Bertz CT molecular complexity index is 432. The summed E-state index contributed by atoms with van der Waals surface area (Å²) in [6.07, 6.45) is 0. The molecule has 1 amide bonds. The second kappa shape index (κ2) is 5.28. The number of carbonyl (C=O) groups is 1. The topological polar surface area (TPSA) is 55.1 Å². The van der Waals surface area contributed by atoms with Crippen LogP contribution in [0.5, 0.6) is 0 Å². The highest BCUT2D eigenvalue weighted by Gasteiger charge is 1.95. The van der Waals surface area contributed by atoms with Gasteiger partial charge in [-0.2, -0.15) is 0 Å². The zero-order valence-electron chi connectivity index (χ0n) is 8.30. The van der Waals surface area contributed by atoms with Crippen molar-refractivity contribution in [2.45, 2.75) is 6.92 Å². The number of hydrogen-bond donors (Lipinski definition) is 2. The van der Waals surface area contributed by atoms with Crippen LogP contribution in [-0.2, 0) is 4.79 Å². The predicted molar refractivity (Wildman–Crippen MR) is 61.4 cm³/mol.